The fraction of sp³-hybridized carbons (Fsp3) is 0.286. The molecule has 0 spiro atoms. The first kappa shape index (κ1) is 13.1. The van der Waals surface area contributed by atoms with Crippen LogP contribution in [0, 0.1) is 0 Å². The normalized spacial score (nSPS) is 11.3. The fourth-order valence-corrected chi connectivity index (χ4v) is 1.67. The lowest BCUT2D eigenvalue weighted by atomic mass is 10.2. The van der Waals surface area contributed by atoms with Gasteiger partial charge in [-0.2, -0.15) is 0 Å². The SMILES string of the molecule is CC(C)(C)OC(=O)n1cccc1-c1cccc(=O)[nH]1. The molecule has 0 atom stereocenters. The Morgan fingerprint density at radius 2 is 1.95 bits per heavy atom. The van der Waals surface area contributed by atoms with Gasteiger partial charge in [-0.05, 0) is 39.0 Å². The van der Waals surface area contributed by atoms with Gasteiger partial charge in [-0.15, -0.1) is 0 Å². The summed E-state index contributed by atoms with van der Waals surface area (Å²) in [6, 6.07) is 8.27. The van der Waals surface area contributed by atoms with Gasteiger partial charge in [0.05, 0.1) is 11.4 Å². The Morgan fingerprint density at radius 1 is 1.21 bits per heavy atom. The van der Waals surface area contributed by atoms with E-state index >= 15 is 0 Å². The summed E-state index contributed by atoms with van der Waals surface area (Å²) < 4.78 is 6.68. The topological polar surface area (TPSA) is 64.1 Å². The lowest BCUT2D eigenvalue weighted by Crippen LogP contribution is -2.27. The molecule has 0 unspecified atom stereocenters. The summed E-state index contributed by atoms with van der Waals surface area (Å²) in [7, 11) is 0. The molecule has 2 heterocycles. The van der Waals surface area contributed by atoms with Crippen LogP contribution < -0.4 is 5.56 Å². The molecule has 0 saturated heterocycles. The lowest BCUT2D eigenvalue weighted by Gasteiger charge is -2.20. The number of hydrogen-bond donors (Lipinski definition) is 1. The van der Waals surface area contributed by atoms with Crippen molar-refractivity contribution in [1.29, 1.82) is 0 Å². The van der Waals surface area contributed by atoms with Gasteiger partial charge in [0, 0.05) is 12.3 Å². The number of carbonyl (C=O) groups excluding carboxylic acids is 1. The standard InChI is InChI=1S/C14H16N2O3/c1-14(2,3)19-13(18)16-9-5-7-11(16)10-6-4-8-12(17)15-10/h4-9H,1-3H3,(H,15,17). The summed E-state index contributed by atoms with van der Waals surface area (Å²) in [5.41, 5.74) is 0.382. The summed E-state index contributed by atoms with van der Waals surface area (Å²) in [6.07, 6.45) is 1.13. The number of aromatic amines is 1. The first-order valence-corrected chi connectivity index (χ1v) is 5.97. The van der Waals surface area contributed by atoms with Gasteiger partial charge < -0.3 is 9.72 Å². The molecule has 5 heteroatoms. The van der Waals surface area contributed by atoms with Gasteiger partial charge in [-0.3, -0.25) is 9.36 Å². The van der Waals surface area contributed by atoms with E-state index in [2.05, 4.69) is 4.98 Å². The van der Waals surface area contributed by atoms with Crippen LogP contribution in [0.1, 0.15) is 20.8 Å². The van der Waals surface area contributed by atoms with Crippen molar-refractivity contribution in [3.05, 3.63) is 46.9 Å². The van der Waals surface area contributed by atoms with Crippen molar-refractivity contribution in [3.8, 4) is 11.4 Å². The van der Waals surface area contributed by atoms with E-state index in [0.717, 1.165) is 0 Å². The Labute approximate surface area is 110 Å². The van der Waals surface area contributed by atoms with Crippen molar-refractivity contribution >= 4 is 6.09 Å². The molecule has 2 aromatic rings. The molecule has 0 aromatic carbocycles. The molecule has 19 heavy (non-hydrogen) atoms. The minimum absolute atomic E-state index is 0.213. The van der Waals surface area contributed by atoms with Crippen LogP contribution in [0.4, 0.5) is 4.79 Å². The minimum Gasteiger partial charge on any atom is -0.443 e. The Bertz CT molecular complexity index is 647. The summed E-state index contributed by atoms with van der Waals surface area (Å²) in [5, 5.41) is 0. The van der Waals surface area contributed by atoms with Gasteiger partial charge >= 0.3 is 6.09 Å². The van der Waals surface area contributed by atoms with Gasteiger partial charge in [0.2, 0.25) is 5.56 Å². The Hall–Kier alpha value is -2.30. The molecule has 0 saturated carbocycles. The van der Waals surface area contributed by atoms with Crippen LogP contribution in [-0.4, -0.2) is 21.2 Å². The van der Waals surface area contributed by atoms with Gasteiger partial charge in [-0.1, -0.05) is 6.07 Å². The van der Waals surface area contributed by atoms with Crippen LogP contribution in [0.3, 0.4) is 0 Å². The third-order valence-corrected chi connectivity index (χ3v) is 2.38. The second-order valence-electron chi connectivity index (χ2n) is 5.17. The highest BCUT2D eigenvalue weighted by Gasteiger charge is 2.19. The Kier molecular flexibility index (Phi) is 3.29. The summed E-state index contributed by atoms with van der Waals surface area (Å²) in [4.78, 5) is 26.0. The molecule has 0 aliphatic rings. The van der Waals surface area contributed by atoms with E-state index in [0.29, 0.717) is 11.4 Å². The highest BCUT2D eigenvalue weighted by Crippen LogP contribution is 2.18. The monoisotopic (exact) mass is 260 g/mol. The van der Waals surface area contributed by atoms with Gasteiger partial charge in [0.1, 0.15) is 5.60 Å². The van der Waals surface area contributed by atoms with E-state index in [1.54, 1.807) is 51.2 Å². The van der Waals surface area contributed by atoms with Gasteiger partial charge in [-0.25, -0.2) is 4.79 Å². The zero-order valence-electron chi connectivity index (χ0n) is 11.1. The van der Waals surface area contributed by atoms with E-state index < -0.39 is 11.7 Å². The second-order valence-corrected chi connectivity index (χ2v) is 5.17. The molecule has 0 amide bonds. The molecular formula is C14H16N2O3. The van der Waals surface area contributed by atoms with Crippen LogP contribution in [-0.2, 0) is 4.74 Å². The fourth-order valence-electron chi connectivity index (χ4n) is 1.67. The van der Waals surface area contributed by atoms with E-state index in [1.165, 1.54) is 10.6 Å². The Morgan fingerprint density at radius 3 is 2.58 bits per heavy atom. The van der Waals surface area contributed by atoms with Gasteiger partial charge in [0.25, 0.3) is 0 Å². The third kappa shape index (κ3) is 3.13. The maximum absolute atomic E-state index is 12.0. The molecule has 1 N–H and O–H groups in total. The maximum Gasteiger partial charge on any atom is 0.419 e. The number of rotatable bonds is 1. The van der Waals surface area contributed by atoms with Gasteiger partial charge in [0.15, 0.2) is 0 Å². The van der Waals surface area contributed by atoms with E-state index in [9.17, 15) is 9.59 Å². The predicted octanol–water partition coefficient (Wildman–Crippen LogP) is 2.63. The molecule has 0 radical (unpaired) electrons. The Balaban J connectivity index is 2.38. The molecule has 0 bridgehead atoms. The van der Waals surface area contributed by atoms with E-state index in [4.69, 9.17) is 4.74 Å². The minimum atomic E-state index is -0.567. The van der Waals surface area contributed by atoms with Crippen LogP contribution in [0.2, 0.25) is 0 Å². The molecule has 0 aliphatic heterocycles. The first-order chi connectivity index (χ1) is 8.87. The zero-order chi connectivity index (χ0) is 14.0. The molecule has 100 valence electrons. The molecule has 2 rings (SSSR count). The number of hydrogen-bond acceptors (Lipinski definition) is 3. The van der Waals surface area contributed by atoms with E-state index in [-0.39, 0.29) is 5.56 Å². The predicted molar refractivity (Wildman–Crippen MR) is 72.1 cm³/mol. The molecular weight excluding hydrogens is 244 g/mol. The van der Waals surface area contributed by atoms with Crippen LogP contribution in [0.5, 0.6) is 0 Å². The number of nitrogens with zero attached hydrogens (tertiary/aromatic N) is 1. The van der Waals surface area contributed by atoms with E-state index in [1.807, 2.05) is 0 Å². The molecule has 0 fully saturated rings. The highest BCUT2D eigenvalue weighted by molar-refractivity contribution is 5.77. The van der Waals surface area contributed by atoms with Crippen LogP contribution in [0.15, 0.2) is 41.3 Å². The maximum atomic E-state index is 12.0. The van der Waals surface area contributed by atoms with Crippen molar-refractivity contribution in [2.75, 3.05) is 0 Å². The number of carbonyl (C=O) groups is 1. The number of pyridine rings is 1. The molecule has 5 nitrogen and oxygen atoms in total. The van der Waals surface area contributed by atoms with Crippen molar-refractivity contribution in [1.82, 2.24) is 9.55 Å². The van der Waals surface area contributed by atoms with Crippen LogP contribution in [0.25, 0.3) is 11.4 Å². The smallest absolute Gasteiger partial charge is 0.419 e. The average Bonchev–Trinajstić information content (AvgIpc) is 2.75. The summed E-state index contributed by atoms with van der Waals surface area (Å²) >= 11 is 0. The lowest BCUT2D eigenvalue weighted by molar-refractivity contribution is 0.0540. The number of nitrogens with one attached hydrogen (secondary N) is 1. The number of ether oxygens (including phenoxy) is 1. The number of aromatic nitrogens is 2. The highest BCUT2D eigenvalue weighted by atomic mass is 16.6. The third-order valence-electron chi connectivity index (χ3n) is 2.38. The summed E-state index contributed by atoms with van der Waals surface area (Å²) in [5.74, 6) is 0. The second kappa shape index (κ2) is 4.76. The number of H-pyrrole nitrogens is 1. The molecule has 2 aromatic heterocycles. The van der Waals surface area contributed by atoms with Crippen molar-refractivity contribution < 1.29 is 9.53 Å². The first-order valence-electron chi connectivity index (χ1n) is 5.97. The van der Waals surface area contributed by atoms with Crippen molar-refractivity contribution in [3.63, 3.8) is 0 Å². The zero-order valence-corrected chi connectivity index (χ0v) is 11.1. The summed E-state index contributed by atoms with van der Waals surface area (Å²) in [6.45, 7) is 5.41. The van der Waals surface area contributed by atoms with Crippen molar-refractivity contribution in [2.45, 2.75) is 26.4 Å². The van der Waals surface area contributed by atoms with Crippen molar-refractivity contribution in [2.24, 2.45) is 0 Å². The largest absolute Gasteiger partial charge is 0.443 e. The quantitative estimate of drug-likeness (QED) is 0.857. The molecule has 0 aliphatic carbocycles. The van der Waals surface area contributed by atoms with Crippen LogP contribution >= 0.6 is 0 Å². The average molecular weight is 260 g/mol.